The van der Waals surface area contributed by atoms with Gasteiger partial charge in [0.15, 0.2) is 6.10 Å². The zero-order chi connectivity index (χ0) is 21.6. The molecular weight excluding hydrogens is 398 g/mol. The highest BCUT2D eigenvalue weighted by atomic mass is 16.5. The fraction of sp³-hybridized carbons (Fsp3) is 0.348. The third-order valence-electron chi connectivity index (χ3n) is 5.15. The van der Waals surface area contributed by atoms with Crippen molar-refractivity contribution in [3.8, 4) is 22.9 Å². The van der Waals surface area contributed by atoms with Crippen LogP contribution in [0.4, 0.5) is 0 Å². The van der Waals surface area contributed by atoms with Crippen LogP contribution in [0.1, 0.15) is 24.0 Å². The maximum Gasteiger partial charge on any atom is 0.257 e. The largest absolute Gasteiger partial charge is 0.497 e. The maximum absolute atomic E-state index is 12.6. The Hall–Kier alpha value is -3.39. The van der Waals surface area contributed by atoms with Crippen LogP contribution in [0, 0.1) is 6.92 Å². The van der Waals surface area contributed by atoms with Gasteiger partial charge in [-0.1, -0.05) is 23.4 Å². The van der Waals surface area contributed by atoms with Crippen LogP contribution in [0.3, 0.4) is 0 Å². The summed E-state index contributed by atoms with van der Waals surface area (Å²) in [5, 5.41) is 4.05. The first kappa shape index (κ1) is 20.9. The molecule has 162 valence electrons. The van der Waals surface area contributed by atoms with Crippen LogP contribution in [0.25, 0.3) is 11.4 Å². The minimum absolute atomic E-state index is 0.0109. The molecule has 0 spiro atoms. The Bertz CT molecular complexity index is 1020. The average Bonchev–Trinajstić information content (AvgIpc) is 3.31. The molecular formula is C23H25N3O5. The van der Waals surface area contributed by atoms with Crippen molar-refractivity contribution in [2.24, 2.45) is 0 Å². The van der Waals surface area contributed by atoms with Crippen LogP contribution in [-0.4, -0.2) is 54.4 Å². The lowest BCUT2D eigenvalue weighted by molar-refractivity contribution is -0.140. The van der Waals surface area contributed by atoms with Gasteiger partial charge in [0.2, 0.25) is 11.7 Å². The molecule has 1 amide bonds. The van der Waals surface area contributed by atoms with E-state index in [9.17, 15) is 4.79 Å². The number of rotatable bonds is 7. The predicted octanol–water partition coefficient (Wildman–Crippen LogP) is 3.42. The number of carbonyl (C=O) groups is 1. The van der Waals surface area contributed by atoms with Crippen molar-refractivity contribution in [2.75, 3.05) is 33.4 Å². The lowest BCUT2D eigenvalue weighted by Crippen LogP contribution is -2.42. The highest BCUT2D eigenvalue weighted by molar-refractivity contribution is 5.76. The molecule has 1 aliphatic rings. The highest BCUT2D eigenvalue weighted by Crippen LogP contribution is 2.25. The monoisotopic (exact) mass is 423 g/mol. The first-order valence-electron chi connectivity index (χ1n) is 10.2. The fourth-order valence-electron chi connectivity index (χ4n) is 3.37. The second-order valence-electron chi connectivity index (χ2n) is 7.25. The molecule has 1 unspecified atom stereocenters. The Balaban J connectivity index is 1.33. The van der Waals surface area contributed by atoms with Crippen molar-refractivity contribution in [3.63, 3.8) is 0 Å². The van der Waals surface area contributed by atoms with Gasteiger partial charge in [0.1, 0.15) is 11.5 Å². The van der Waals surface area contributed by atoms with Gasteiger partial charge in [0.25, 0.3) is 5.89 Å². The van der Waals surface area contributed by atoms with E-state index >= 15 is 0 Å². The van der Waals surface area contributed by atoms with E-state index in [1.54, 1.807) is 12.0 Å². The van der Waals surface area contributed by atoms with Crippen LogP contribution in [0.15, 0.2) is 53.1 Å². The molecule has 1 atom stereocenters. The average molecular weight is 423 g/mol. The second kappa shape index (κ2) is 9.61. The summed E-state index contributed by atoms with van der Waals surface area (Å²) in [6.45, 7) is 3.62. The van der Waals surface area contributed by atoms with Crippen LogP contribution in [-0.2, 0) is 9.53 Å². The van der Waals surface area contributed by atoms with Crippen LogP contribution >= 0.6 is 0 Å². The SMILES string of the molecule is COc1ccc(-c2noc(C3CN(C(=O)CCOc4ccccc4C)CCO3)n2)cc1. The standard InChI is InChI=1S/C23H25N3O5/c1-16-5-3-4-6-19(16)29-13-11-21(27)26-12-14-30-20(15-26)23-24-22(25-31-23)17-7-9-18(28-2)10-8-17/h3-10,20H,11-15H2,1-2H3. The van der Waals surface area contributed by atoms with E-state index in [4.69, 9.17) is 18.7 Å². The zero-order valence-corrected chi connectivity index (χ0v) is 17.6. The fourth-order valence-corrected chi connectivity index (χ4v) is 3.37. The Morgan fingerprint density at radius 1 is 1.19 bits per heavy atom. The number of hydrogen-bond donors (Lipinski definition) is 0. The van der Waals surface area contributed by atoms with Gasteiger partial charge < -0.3 is 23.6 Å². The summed E-state index contributed by atoms with van der Waals surface area (Å²) in [6, 6.07) is 15.2. The van der Waals surface area contributed by atoms with Gasteiger partial charge in [-0.15, -0.1) is 0 Å². The maximum atomic E-state index is 12.6. The molecule has 0 bridgehead atoms. The zero-order valence-electron chi connectivity index (χ0n) is 17.6. The summed E-state index contributed by atoms with van der Waals surface area (Å²) in [4.78, 5) is 18.9. The van der Waals surface area contributed by atoms with E-state index in [2.05, 4.69) is 10.1 Å². The topological polar surface area (TPSA) is 86.9 Å². The number of ether oxygens (including phenoxy) is 3. The number of carbonyl (C=O) groups excluding carboxylic acids is 1. The quantitative estimate of drug-likeness (QED) is 0.575. The van der Waals surface area contributed by atoms with Crippen LogP contribution in [0.2, 0.25) is 0 Å². The number of para-hydroxylation sites is 1. The number of hydrogen-bond acceptors (Lipinski definition) is 7. The number of methoxy groups -OCH3 is 1. The number of aryl methyl sites for hydroxylation is 1. The molecule has 8 nitrogen and oxygen atoms in total. The smallest absolute Gasteiger partial charge is 0.257 e. The van der Waals surface area contributed by atoms with E-state index in [1.165, 1.54) is 0 Å². The number of benzene rings is 2. The second-order valence-corrected chi connectivity index (χ2v) is 7.25. The molecule has 31 heavy (non-hydrogen) atoms. The van der Waals surface area contributed by atoms with Crippen molar-refractivity contribution in [3.05, 3.63) is 60.0 Å². The van der Waals surface area contributed by atoms with Gasteiger partial charge in [-0.3, -0.25) is 4.79 Å². The summed E-state index contributed by atoms with van der Waals surface area (Å²) >= 11 is 0. The molecule has 1 aliphatic heterocycles. The summed E-state index contributed by atoms with van der Waals surface area (Å²) < 4.78 is 22.1. The number of aromatic nitrogens is 2. The first-order valence-corrected chi connectivity index (χ1v) is 10.2. The van der Waals surface area contributed by atoms with Gasteiger partial charge in [-0.2, -0.15) is 4.98 Å². The van der Waals surface area contributed by atoms with Gasteiger partial charge >= 0.3 is 0 Å². The van der Waals surface area contributed by atoms with E-state index in [-0.39, 0.29) is 5.91 Å². The lowest BCUT2D eigenvalue weighted by Gasteiger charge is -2.31. The molecule has 8 heteroatoms. The highest BCUT2D eigenvalue weighted by Gasteiger charge is 2.29. The Morgan fingerprint density at radius 3 is 2.77 bits per heavy atom. The minimum atomic E-state index is -0.450. The van der Waals surface area contributed by atoms with Crippen molar-refractivity contribution in [1.82, 2.24) is 15.0 Å². The Kier molecular flexibility index (Phi) is 6.47. The molecule has 2 aromatic carbocycles. The minimum Gasteiger partial charge on any atom is -0.497 e. The van der Waals surface area contributed by atoms with Gasteiger partial charge in [0.05, 0.1) is 33.3 Å². The third kappa shape index (κ3) is 5.03. The molecule has 0 N–H and O–H groups in total. The van der Waals surface area contributed by atoms with Gasteiger partial charge in [-0.25, -0.2) is 0 Å². The van der Waals surface area contributed by atoms with Gasteiger partial charge in [0, 0.05) is 12.1 Å². The number of morpholine rings is 1. The lowest BCUT2D eigenvalue weighted by atomic mass is 10.2. The summed E-state index contributed by atoms with van der Waals surface area (Å²) in [5.74, 6) is 2.39. The van der Waals surface area contributed by atoms with E-state index in [0.717, 1.165) is 22.6 Å². The predicted molar refractivity (Wildman–Crippen MR) is 113 cm³/mol. The Morgan fingerprint density at radius 2 is 2.00 bits per heavy atom. The van der Waals surface area contributed by atoms with Crippen molar-refractivity contribution in [2.45, 2.75) is 19.4 Å². The summed E-state index contributed by atoms with van der Waals surface area (Å²) in [7, 11) is 1.61. The van der Waals surface area contributed by atoms with Crippen LogP contribution in [0.5, 0.6) is 11.5 Å². The molecule has 0 radical (unpaired) electrons. The molecule has 1 aromatic heterocycles. The van der Waals surface area contributed by atoms with E-state index in [0.29, 0.717) is 44.4 Å². The number of nitrogens with zero attached hydrogens (tertiary/aromatic N) is 3. The van der Waals surface area contributed by atoms with Gasteiger partial charge in [-0.05, 0) is 42.8 Å². The summed E-state index contributed by atoms with van der Waals surface area (Å²) in [5.41, 5.74) is 1.86. The van der Waals surface area contributed by atoms with Crippen LogP contribution < -0.4 is 9.47 Å². The van der Waals surface area contributed by atoms with Crippen molar-refractivity contribution >= 4 is 5.91 Å². The molecule has 1 saturated heterocycles. The van der Waals surface area contributed by atoms with E-state index < -0.39 is 6.10 Å². The molecule has 0 saturated carbocycles. The molecule has 3 aromatic rings. The third-order valence-corrected chi connectivity index (χ3v) is 5.15. The molecule has 0 aliphatic carbocycles. The first-order chi connectivity index (χ1) is 15.1. The summed E-state index contributed by atoms with van der Waals surface area (Å²) in [6.07, 6.45) is -0.156. The molecule has 4 rings (SSSR count). The van der Waals surface area contributed by atoms with Crippen molar-refractivity contribution in [1.29, 1.82) is 0 Å². The van der Waals surface area contributed by atoms with E-state index in [1.807, 2.05) is 55.5 Å². The normalized spacial score (nSPS) is 16.2. The molecule has 1 fully saturated rings. The number of amides is 1. The Labute approximate surface area is 180 Å². The molecule has 2 heterocycles. The van der Waals surface area contributed by atoms with Crippen molar-refractivity contribution < 1.29 is 23.5 Å².